The van der Waals surface area contributed by atoms with Gasteiger partial charge in [-0.3, -0.25) is 9.11 Å². The molecule has 0 fully saturated rings. The molecule has 0 unspecified atom stereocenters. The van der Waals surface area contributed by atoms with E-state index in [2.05, 4.69) is 63.4 Å². The summed E-state index contributed by atoms with van der Waals surface area (Å²) in [5, 5.41) is 0. The van der Waals surface area contributed by atoms with Crippen molar-refractivity contribution in [3.63, 3.8) is 0 Å². The SMILES string of the molecule is C[C](C)=[Hf]([C]1=CC=CC1)([C]1=CC=CC1)=[Si](C)C.O=S(=O)(O)C(F)(F)F.O=S(=O)(O)C(F)(F)F. The van der Waals surface area contributed by atoms with Crippen LogP contribution < -0.4 is 0 Å². The van der Waals surface area contributed by atoms with Crippen LogP contribution in [0.1, 0.15) is 26.7 Å². The van der Waals surface area contributed by atoms with Crippen LogP contribution >= 0.6 is 0 Å². The molecule has 0 aliphatic heterocycles. The molecule has 0 radical (unpaired) electrons. The van der Waals surface area contributed by atoms with Gasteiger partial charge in [-0.05, 0) is 0 Å². The van der Waals surface area contributed by atoms with Crippen molar-refractivity contribution in [3.8, 4) is 0 Å². The largest absolute Gasteiger partial charge is 0.522 e. The molecule has 0 spiro atoms. The first-order valence-electron chi connectivity index (χ1n) is 9.01. The van der Waals surface area contributed by atoms with Crippen LogP contribution in [0, 0.1) is 0 Å². The molecule has 6 nitrogen and oxygen atoms in total. The number of hydrogen-bond donors (Lipinski definition) is 2. The molecular weight excluding hydrogens is 685 g/mol. The fraction of sp³-hybridized carbons (Fsp3) is 0.471. The monoisotopic (exact) mass is 710 g/mol. The van der Waals surface area contributed by atoms with E-state index in [-0.39, 0.29) is 5.49 Å². The van der Waals surface area contributed by atoms with Crippen molar-refractivity contribution in [2.45, 2.75) is 50.8 Å². The third kappa shape index (κ3) is 8.80. The van der Waals surface area contributed by atoms with Crippen LogP contribution in [0.4, 0.5) is 26.3 Å². The Morgan fingerprint density at radius 2 is 1.09 bits per heavy atom. The molecule has 0 bridgehead atoms. The van der Waals surface area contributed by atoms with Crippen LogP contribution in [0.15, 0.2) is 43.1 Å². The first-order chi connectivity index (χ1) is 14.6. The summed E-state index contributed by atoms with van der Waals surface area (Å²) in [6.45, 7) is 9.93. The summed E-state index contributed by atoms with van der Waals surface area (Å²) in [6.07, 6.45) is 16.6. The van der Waals surface area contributed by atoms with Gasteiger partial charge in [0.15, 0.2) is 0 Å². The number of hydrogen-bond acceptors (Lipinski definition) is 4. The van der Waals surface area contributed by atoms with Crippen molar-refractivity contribution in [3.05, 3.63) is 43.1 Å². The summed E-state index contributed by atoms with van der Waals surface area (Å²) < 4.78 is 121. The first-order valence-corrected chi connectivity index (χ1v) is 25.2. The van der Waals surface area contributed by atoms with Gasteiger partial charge in [-0.1, -0.05) is 0 Å². The maximum Gasteiger partial charge on any atom is 0.522 e. The van der Waals surface area contributed by atoms with E-state index in [4.69, 9.17) is 25.9 Å². The van der Waals surface area contributed by atoms with Gasteiger partial charge in [-0.2, -0.15) is 43.2 Å². The van der Waals surface area contributed by atoms with Crippen molar-refractivity contribution >= 4 is 29.0 Å². The van der Waals surface area contributed by atoms with Crippen LogP contribution in [0.2, 0.25) is 13.1 Å². The Kier molecular flexibility index (Phi) is 11.6. The molecule has 0 aromatic rings. The quantitative estimate of drug-likeness (QED) is 0.179. The summed E-state index contributed by atoms with van der Waals surface area (Å²) in [6, 6.07) is 0. The van der Waals surface area contributed by atoms with E-state index >= 15 is 0 Å². The molecule has 2 N–H and O–H groups in total. The molecule has 0 heterocycles. The predicted molar refractivity (Wildman–Crippen MR) is 113 cm³/mol. The topological polar surface area (TPSA) is 109 Å². The Bertz CT molecular complexity index is 1090. The molecule has 2 aliphatic rings. The number of alkyl halides is 6. The van der Waals surface area contributed by atoms with Gasteiger partial charge < -0.3 is 0 Å². The van der Waals surface area contributed by atoms with E-state index in [1.165, 1.54) is 12.8 Å². The average Bonchev–Trinajstić information content (AvgIpc) is 3.26. The smallest absolute Gasteiger partial charge is 0.279 e. The summed E-state index contributed by atoms with van der Waals surface area (Å²) >= 11 is -2.51. The molecule has 0 saturated heterocycles. The third-order valence-corrected chi connectivity index (χ3v) is 47.8. The molecule has 0 aromatic heterocycles. The van der Waals surface area contributed by atoms with Gasteiger partial charge >= 0.3 is 141 Å². The third-order valence-electron chi connectivity index (χ3n) is 4.59. The van der Waals surface area contributed by atoms with Crippen LogP contribution in [0.5, 0.6) is 0 Å². The molecule has 2 aliphatic carbocycles. The maximum atomic E-state index is 10.7. The molecule has 33 heavy (non-hydrogen) atoms. The number of halogens is 6. The van der Waals surface area contributed by atoms with Crippen molar-refractivity contribution in [2.24, 2.45) is 0 Å². The van der Waals surface area contributed by atoms with Gasteiger partial charge in [-0.25, -0.2) is 0 Å². The minimum absolute atomic E-state index is 0.229. The summed E-state index contributed by atoms with van der Waals surface area (Å²) in [4.78, 5) is 0. The van der Waals surface area contributed by atoms with E-state index in [0.29, 0.717) is 0 Å². The van der Waals surface area contributed by atoms with Crippen molar-refractivity contribution < 1.29 is 70.4 Å². The molecule has 190 valence electrons. The molecular formula is C17H24F6HfO6S2Si. The van der Waals surface area contributed by atoms with Gasteiger partial charge in [0.25, 0.3) is 0 Å². The minimum atomic E-state index is -5.84. The van der Waals surface area contributed by atoms with E-state index in [1.54, 1.807) is 3.26 Å². The molecule has 16 heteroatoms. The van der Waals surface area contributed by atoms with E-state index in [9.17, 15) is 26.3 Å². The van der Waals surface area contributed by atoms with Crippen molar-refractivity contribution in [2.75, 3.05) is 0 Å². The summed E-state index contributed by atoms with van der Waals surface area (Å²) in [7, 11) is -11.7. The summed E-state index contributed by atoms with van der Waals surface area (Å²) in [5.41, 5.74) is -11.3. The van der Waals surface area contributed by atoms with Gasteiger partial charge in [0.1, 0.15) is 0 Å². The van der Waals surface area contributed by atoms with Gasteiger partial charge in [0.2, 0.25) is 0 Å². The second kappa shape index (κ2) is 11.8. The van der Waals surface area contributed by atoms with Crippen LogP contribution in [0.25, 0.3) is 0 Å². The second-order valence-corrected chi connectivity index (χ2v) is 42.6. The van der Waals surface area contributed by atoms with Crippen LogP contribution in [-0.2, 0) is 38.3 Å². The summed E-state index contributed by atoms with van der Waals surface area (Å²) in [5.74, 6) is 0. The fourth-order valence-electron chi connectivity index (χ4n) is 3.44. The van der Waals surface area contributed by atoms with Gasteiger partial charge in [0.05, 0.1) is 0 Å². The fourth-order valence-corrected chi connectivity index (χ4v) is 45.0. The Hall–Kier alpha value is -0.683. The molecule has 0 amide bonds. The molecule has 0 atom stereocenters. The molecule has 2 rings (SSSR count). The molecule has 0 saturated carbocycles. The predicted octanol–water partition coefficient (Wildman–Crippen LogP) is 5.08. The normalized spacial score (nSPS) is 15.8. The van der Waals surface area contributed by atoms with E-state index in [0.717, 1.165) is 0 Å². The van der Waals surface area contributed by atoms with Gasteiger partial charge in [-0.15, -0.1) is 0 Å². The van der Waals surface area contributed by atoms with Gasteiger partial charge in [0, 0.05) is 0 Å². The first kappa shape index (κ1) is 32.3. The zero-order valence-electron chi connectivity index (χ0n) is 18.0. The maximum absolute atomic E-state index is 10.7. The average molecular weight is 709 g/mol. The standard InChI is InChI=1S/2C5H5.C3H6.C2H6Si.2CHF3O3S.Hf/c2*1-2-4-5-3-1;2*1-3-2;2*2-1(3,4)8(5,6)7;/h2*1-3H,4H2;2*1-2H3;2*(H,5,6,7);. The number of rotatable bonds is 2. The number of allylic oxidation sites excluding steroid dienone is 8. The Labute approximate surface area is 192 Å². The Morgan fingerprint density at radius 3 is 1.21 bits per heavy atom. The van der Waals surface area contributed by atoms with E-state index in [1.807, 2.05) is 6.66 Å². The zero-order chi connectivity index (χ0) is 26.5. The Balaban J connectivity index is 0.000000539. The second-order valence-electron chi connectivity index (χ2n) is 7.24. The van der Waals surface area contributed by atoms with Crippen molar-refractivity contribution in [1.82, 2.24) is 0 Å². The Morgan fingerprint density at radius 1 is 0.818 bits per heavy atom. The molecule has 0 aromatic carbocycles. The van der Waals surface area contributed by atoms with Crippen molar-refractivity contribution in [1.29, 1.82) is 0 Å². The minimum Gasteiger partial charge on any atom is -0.279 e. The zero-order valence-corrected chi connectivity index (χ0v) is 24.2. The van der Waals surface area contributed by atoms with E-state index < -0.39 is 49.4 Å². The van der Waals surface area contributed by atoms with Crippen LogP contribution in [0.3, 0.4) is 0 Å². The van der Waals surface area contributed by atoms with Crippen LogP contribution in [-0.4, -0.2) is 45.7 Å².